The van der Waals surface area contributed by atoms with Gasteiger partial charge in [0.25, 0.3) is 8.32 Å². The molecular formula is C50H68IO2PSi. The number of hydrogen-bond acceptors (Lipinski definition) is 2. The van der Waals surface area contributed by atoms with Crippen LogP contribution in [0.3, 0.4) is 0 Å². The summed E-state index contributed by atoms with van der Waals surface area (Å²) in [6.07, 6.45) is 14.8. The molecular weight excluding hydrogens is 819 g/mol. The molecule has 0 fully saturated rings. The van der Waals surface area contributed by atoms with E-state index in [1.165, 1.54) is 61.9 Å². The zero-order valence-corrected chi connectivity index (χ0v) is 39.9. The molecule has 1 aliphatic rings. The quantitative estimate of drug-likeness (QED) is 0.0513. The van der Waals surface area contributed by atoms with Crippen molar-refractivity contribution in [1.82, 2.24) is 0 Å². The Labute approximate surface area is 354 Å². The number of benzene rings is 4. The molecule has 0 aromatic heterocycles. The van der Waals surface area contributed by atoms with Crippen LogP contribution in [0.15, 0.2) is 114 Å². The highest BCUT2D eigenvalue weighted by molar-refractivity contribution is 7.95. The third kappa shape index (κ3) is 10.6. The summed E-state index contributed by atoms with van der Waals surface area (Å²) in [5.74, 6) is 2.22. The Hall–Kier alpha value is -2.66. The van der Waals surface area contributed by atoms with Crippen LogP contribution in [0.1, 0.15) is 109 Å². The normalized spacial score (nSPS) is 16.6. The van der Waals surface area contributed by atoms with Gasteiger partial charge in [0, 0.05) is 5.56 Å². The van der Waals surface area contributed by atoms with Gasteiger partial charge in [0.2, 0.25) is 0 Å². The zero-order valence-electron chi connectivity index (χ0n) is 35.8. The minimum absolute atomic E-state index is 0. The smallest absolute Gasteiger partial charge is 0.250 e. The molecule has 2 nitrogen and oxygen atoms in total. The number of fused-ring (bicyclic) bond motifs is 1. The molecule has 55 heavy (non-hydrogen) atoms. The molecule has 1 heterocycles. The Balaban J connectivity index is 0.00000673. The third-order valence-electron chi connectivity index (χ3n) is 12.6. The van der Waals surface area contributed by atoms with Crippen LogP contribution in [0.2, 0.25) is 18.1 Å². The average molecular weight is 887 g/mol. The van der Waals surface area contributed by atoms with Crippen LogP contribution in [-0.2, 0) is 6.42 Å². The largest absolute Gasteiger partial charge is 1.00 e. The van der Waals surface area contributed by atoms with Crippen LogP contribution in [0, 0.1) is 20.8 Å². The van der Waals surface area contributed by atoms with Gasteiger partial charge < -0.3 is 33.1 Å². The Morgan fingerprint density at radius 2 is 1.24 bits per heavy atom. The molecule has 4 aromatic carbocycles. The van der Waals surface area contributed by atoms with E-state index in [0.717, 1.165) is 56.4 Å². The highest BCUT2D eigenvalue weighted by atomic mass is 127. The molecule has 5 rings (SSSR count). The number of allylic oxidation sites excluding steroid dienone is 4. The standard InChI is InChI=1S/C50H68O2PSi.HI/c1-38(26-22-35-50(9)36-34-46-42(5)47(40(3)41(4)48(46)51-50)52-54(10,11)49(6,7)8)24-21-25-39(2)27-23-37-53(43-28-15-12-16-29-43,44-30-17-13-18-31-44)45-32-19-14-20-33-45;/h12-20,25-26,28-33H,21-24,27,34-37H2,1-11H3;1H/q+1;/p-1/b38-26+,39-25+;. The summed E-state index contributed by atoms with van der Waals surface area (Å²) in [6, 6.07) is 33.8. The molecule has 0 saturated heterocycles. The van der Waals surface area contributed by atoms with Gasteiger partial charge in [0.05, 0.1) is 6.16 Å². The fourth-order valence-corrected chi connectivity index (χ4v) is 13.3. The molecule has 1 unspecified atom stereocenters. The maximum Gasteiger partial charge on any atom is 0.250 e. The second-order valence-corrected chi connectivity index (χ2v) is 26.1. The first-order chi connectivity index (χ1) is 25.6. The van der Waals surface area contributed by atoms with Crippen LogP contribution in [0.5, 0.6) is 11.5 Å². The molecule has 0 amide bonds. The van der Waals surface area contributed by atoms with E-state index in [4.69, 9.17) is 9.16 Å². The molecule has 0 bridgehead atoms. The van der Waals surface area contributed by atoms with Crippen molar-refractivity contribution in [3.8, 4) is 11.5 Å². The first-order valence-electron chi connectivity index (χ1n) is 20.4. The Morgan fingerprint density at radius 3 is 1.75 bits per heavy atom. The van der Waals surface area contributed by atoms with Crippen molar-refractivity contribution < 1.29 is 33.1 Å². The summed E-state index contributed by atoms with van der Waals surface area (Å²) >= 11 is 0. The van der Waals surface area contributed by atoms with Crippen LogP contribution in [-0.4, -0.2) is 20.1 Å². The van der Waals surface area contributed by atoms with E-state index in [9.17, 15) is 0 Å². The van der Waals surface area contributed by atoms with Gasteiger partial charge in [-0.3, -0.25) is 0 Å². The molecule has 4 aromatic rings. The minimum atomic E-state index is -1.95. The van der Waals surface area contributed by atoms with E-state index in [2.05, 4.69) is 179 Å². The lowest BCUT2D eigenvalue weighted by atomic mass is 9.85. The maximum absolute atomic E-state index is 6.92. The van der Waals surface area contributed by atoms with Crippen LogP contribution in [0.4, 0.5) is 0 Å². The van der Waals surface area contributed by atoms with Crippen molar-refractivity contribution in [2.45, 2.75) is 137 Å². The summed E-state index contributed by atoms with van der Waals surface area (Å²) in [5.41, 5.74) is 7.96. The van der Waals surface area contributed by atoms with Crippen molar-refractivity contribution in [3.63, 3.8) is 0 Å². The summed E-state index contributed by atoms with van der Waals surface area (Å²) in [5, 5.41) is 4.59. The maximum atomic E-state index is 6.92. The molecule has 1 atom stereocenters. The topological polar surface area (TPSA) is 18.5 Å². The fraction of sp³-hybridized carbons (Fsp3) is 0.440. The monoisotopic (exact) mass is 886 g/mol. The molecule has 0 radical (unpaired) electrons. The molecule has 0 saturated carbocycles. The molecule has 1 aliphatic heterocycles. The Kier molecular flexibility index (Phi) is 15.7. The lowest BCUT2D eigenvalue weighted by molar-refractivity contribution is -0.0000173. The first-order valence-corrected chi connectivity index (χ1v) is 25.3. The third-order valence-corrected chi connectivity index (χ3v) is 21.4. The fourth-order valence-electron chi connectivity index (χ4n) is 7.87. The van der Waals surface area contributed by atoms with E-state index >= 15 is 0 Å². The second kappa shape index (κ2) is 19.2. The second-order valence-electron chi connectivity index (χ2n) is 17.7. The van der Waals surface area contributed by atoms with E-state index in [1.54, 1.807) is 0 Å². The predicted molar refractivity (Wildman–Crippen MR) is 241 cm³/mol. The van der Waals surface area contributed by atoms with Gasteiger partial charge in [-0.2, -0.15) is 0 Å². The highest BCUT2D eigenvalue weighted by Gasteiger charge is 2.45. The van der Waals surface area contributed by atoms with Gasteiger partial charge in [-0.25, -0.2) is 0 Å². The van der Waals surface area contributed by atoms with Crippen LogP contribution < -0.4 is 49.1 Å². The number of hydrogen-bond donors (Lipinski definition) is 0. The SMILES string of the molecule is C/C(=C\CCC1(C)CCc2c(C)c(O[Si](C)(C)C(C)(C)C)c(C)c(C)c2O1)CC/C=C(\C)CCC[P+](c1ccccc1)(c1ccccc1)c1ccccc1.[I-]. The molecule has 296 valence electrons. The predicted octanol–water partition coefficient (Wildman–Crippen LogP) is 10.3. The molecule has 0 aliphatic carbocycles. The average Bonchev–Trinajstić information content (AvgIpc) is 3.15. The van der Waals surface area contributed by atoms with Crippen LogP contribution >= 0.6 is 7.26 Å². The zero-order chi connectivity index (χ0) is 39.1. The van der Waals surface area contributed by atoms with E-state index in [-0.39, 0.29) is 34.6 Å². The molecule has 0 N–H and O–H groups in total. The van der Waals surface area contributed by atoms with Gasteiger partial charge in [0.15, 0.2) is 0 Å². The van der Waals surface area contributed by atoms with Crippen molar-refractivity contribution in [2.75, 3.05) is 6.16 Å². The highest BCUT2D eigenvalue weighted by Crippen LogP contribution is 2.56. The van der Waals surface area contributed by atoms with Crippen molar-refractivity contribution in [2.24, 2.45) is 0 Å². The lowest BCUT2D eigenvalue weighted by Gasteiger charge is -2.41. The summed E-state index contributed by atoms with van der Waals surface area (Å²) in [4.78, 5) is 0. The van der Waals surface area contributed by atoms with Crippen molar-refractivity contribution in [1.29, 1.82) is 0 Å². The molecule has 5 heteroatoms. The van der Waals surface area contributed by atoms with E-state index < -0.39 is 15.6 Å². The van der Waals surface area contributed by atoms with Crippen LogP contribution in [0.25, 0.3) is 0 Å². The van der Waals surface area contributed by atoms with Crippen molar-refractivity contribution >= 4 is 31.5 Å². The van der Waals surface area contributed by atoms with Gasteiger partial charge in [-0.1, -0.05) is 98.7 Å². The van der Waals surface area contributed by atoms with Gasteiger partial charge in [-0.05, 0) is 164 Å². The summed E-state index contributed by atoms with van der Waals surface area (Å²) < 4.78 is 13.8. The Morgan fingerprint density at radius 1 is 0.745 bits per heavy atom. The van der Waals surface area contributed by atoms with Gasteiger partial charge >= 0.3 is 0 Å². The number of halogens is 1. The minimum Gasteiger partial charge on any atom is -1.00 e. The summed E-state index contributed by atoms with van der Waals surface area (Å²) in [6.45, 7) is 25.3. The number of rotatable bonds is 15. The van der Waals surface area contributed by atoms with Gasteiger partial charge in [0.1, 0.15) is 40.3 Å². The lowest BCUT2D eigenvalue weighted by Crippen LogP contribution is -3.00. The summed E-state index contributed by atoms with van der Waals surface area (Å²) in [7, 11) is -3.72. The molecule has 0 spiro atoms. The Bertz CT molecular complexity index is 1810. The van der Waals surface area contributed by atoms with Gasteiger partial charge in [-0.15, -0.1) is 0 Å². The van der Waals surface area contributed by atoms with Crippen molar-refractivity contribution in [3.05, 3.63) is 137 Å². The first kappa shape index (κ1) is 45.0. The van der Waals surface area contributed by atoms with E-state index in [0.29, 0.717) is 0 Å². The van der Waals surface area contributed by atoms with E-state index in [1.807, 2.05) is 0 Å². The number of ether oxygens (including phenoxy) is 1.